The summed E-state index contributed by atoms with van der Waals surface area (Å²) in [6.07, 6.45) is 2.08. The molecule has 0 heterocycles. The quantitative estimate of drug-likeness (QED) is 0.599. The van der Waals surface area contributed by atoms with E-state index in [4.69, 9.17) is 0 Å². The molecule has 0 radical (unpaired) electrons. The Morgan fingerprint density at radius 2 is 2.06 bits per heavy atom. The average Bonchev–Trinajstić information content (AvgIpc) is 2.27. The van der Waals surface area contributed by atoms with Crippen LogP contribution in [0.1, 0.15) is 30.1 Å². The molecule has 0 bridgehead atoms. The van der Waals surface area contributed by atoms with Gasteiger partial charge in [0.15, 0.2) is 0 Å². The Morgan fingerprint density at radius 1 is 1.44 bits per heavy atom. The van der Waals surface area contributed by atoms with E-state index in [9.17, 15) is 4.79 Å². The third-order valence-electron chi connectivity index (χ3n) is 2.25. The maximum absolute atomic E-state index is 11.8. The van der Waals surface area contributed by atoms with Crippen LogP contribution in [0.4, 0.5) is 0 Å². The SMILES string of the molecule is CC(CCCBr)NC(=O)c1ccc(I)cc1. The molecule has 0 aliphatic carbocycles. The highest BCUT2D eigenvalue weighted by Crippen LogP contribution is 2.07. The van der Waals surface area contributed by atoms with E-state index in [-0.39, 0.29) is 11.9 Å². The normalized spacial score (nSPS) is 12.2. The van der Waals surface area contributed by atoms with Crippen molar-refractivity contribution in [1.82, 2.24) is 5.32 Å². The lowest BCUT2D eigenvalue weighted by Crippen LogP contribution is -2.32. The minimum Gasteiger partial charge on any atom is -0.350 e. The van der Waals surface area contributed by atoms with Gasteiger partial charge >= 0.3 is 0 Å². The monoisotopic (exact) mass is 395 g/mol. The minimum atomic E-state index is 0.0125. The predicted molar refractivity (Wildman–Crippen MR) is 79.1 cm³/mol. The summed E-state index contributed by atoms with van der Waals surface area (Å²) >= 11 is 5.61. The van der Waals surface area contributed by atoms with Gasteiger partial charge in [0.25, 0.3) is 5.91 Å². The van der Waals surface area contributed by atoms with Gasteiger partial charge < -0.3 is 5.32 Å². The Balaban J connectivity index is 2.48. The highest BCUT2D eigenvalue weighted by Gasteiger charge is 2.08. The molecule has 1 amide bonds. The first-order valence-electron chi connectivity index (χ1n) is 5.26. The highest BCUT2D eigenvalue weighted by atomic mass is 127. The molecule has 1 rings (SSSR count). The number of alkyl halides is 1. The van der Waals surface area contributed by atoms with Crippen LogP contribution in [0.3, 0.4) is 0 Å². The second kappa shape index (κ2) is 7.27. The predicted octanol–water partition coefficient (Wildman–Crippen LogP) is 3.58. The summed E-state index contributed by atoms with van der Waals surface area (Å²) in [5.74, 6) is 0.0125. The fourth-order valence-corrected chi connectivity index (χ4v) is 2.05. The summed E-state index contributed by atoms with van der Waals surface area (Å²) in [5.41, 5.74) is 0.728. The van der Waals surface area contributed by atoms with Crippen LogP contribution in [-0.2, 0) is 0 Å². The molecule has 0 saturated heterocycles. The molecule has 0 spiro atoms. The summed E-state index contributed by atoms with van der Waals surface area (Å²) in [6, 6.07) is 7.82. The zero-order chi connectivity index (χ0) is 12.0. The van der Waals surface area contributed by atoms with Crippen LogP contribution in [-0.4, -0.2) is 17.3 Å². The van der Waals surface area contributed by atoms with Crippen molar-refractivity contribution in [2.24, 2.45) is 0 Å². The lowest BCUT2D eigenvalue weighted by atomic mass is 10.1. The van der Waals surface area contributed by atoms with E-state index < -0.39 is 0 Å². The fraction of sp³-hybridized carbons (Fsp3) is 0.417. The maximum Gasteiger partial charge on any atom is 0.251 e. The summed E-state index contributed by atoms with van der Waals surface area (Å²) < 4.78 is 1.14. The van der Waals surface area contributed by atoms with Crippen molar-refractivity contribution in [3.63, 3.8) is 0 Å². The Bertz CT molecular complexity index is 339. The van der Waals surface area contributed by atoms with E-state index in [1.165, 1.54) is 0 Å². The van der Waals surface area contributed by atoms with E-state index in [1.807, 2.05) is 31.2 Å². The van der Waals surface area contributed by atoms with Crippen molar-refractivity contribution in [2.45, 2.75) is 25.8 Å². The smallest absolute Gasteiger partial charge is 0.251 e. The summed E-state index contributed by atoms with van der Waals surface area (Å²) in [5, 5.41) is 3.97. The molecular formula is C12H15BrINO. The third-order valence-corrected chi connectivity index (χ3v) is 3.53. The number of hydrogen-bond donors (Lipinski definition) is 1. The van der Waals surface area contributed by atoms with Crippen molar-refractivity contribution in [3.05, 3.63) is 33.4 Å². The van der Waals surface area contributed by atoms with Gasteiger partial charge in [0.2, 0.25) is 0 Å². The molecule has 1 atom stereocenters. The molecule has 0 aliphatic heterocycles. The first-order chi connectivity index (χ1) is 7.63. The number of hydrogen-bond acceptors (Lipinski definition) is 1. The molecule has 0 saturated carbocycles. The zero-order valence-corrected chi connectivity index (χ0v) is 12.9. The molecule has 16 heavy (non-hydrogen) atoms. The summed E-state index contributed by atoms with van der Waals surface area (Å²) in [4.78, 5) is 11.8. The van der Waals surface area contributed by atoms with Crippen LogP contribution in [0.5, 0.6) is 0 Å². The molecule has 1 aromatic carbocycles. The number of halogens is 2. The van der Waals surface area contributed by atoms with Gasteiger partial charge in [-0.1, -0.05) is 15.9 Å². The lowest BCUT2D eigenvalue weighted by Gasteiger charge is -2.13. The highest BCUT2D eigenvalue weighted by molar-refractivity contribution is 14.1. The Kier molecular flexibility index (Phi) is 6.34. The molecule has 1 unspecified atom stereocenters. The van der Waals surface area contributed by atoms with E-state index in [2.05, 4.69) is 43.8 Å². The van der Waals surface area contributed by atoms with Gasteiger partial charge in [-0.25, -0.2) is 0 Å². The maximum atomic E-state index is 11.8. The molecule has 88 valence electrons. The summed E-state index contributed by atoms with van der Waals surface area (Å²) in [7, 11) is 0. The van der Waals surface area contributed by atoms with Crippen molar-refractivity contribution in [1.29, 1.82) is 0 Å². The first-order valence-corrected chi connectivity index (χ1v) is 7.46. The van der Waals surface area contributed by atoms with Gasteiger partial charge in [0, 0.05) is 20.5 Å². The van der Waals surface area contributed by atoms with Gasteiger partial charge in [-0.15, -0.1) is 0 Å². The molecule has 0 aliphatic rings. The van der Waals surface area contributed by atoms with Gasteiger partial charge in [-0.2, -0.15) is 0 Å². The van der Waals surface area contributed by atoms with E-state index in [0.717, 1.165) is 27.3 Å². The number of benzene rings is 1. The van der Waals surface area contributed by atoms with Crippen LogP contribution in [0.15, 0.2) is 24.3 Å². The second-order valence-electron chi connectivity index (χ2n) is 3.71. The Labute approximate surface area is 118 Å². The third kappa shape index (κ3) is 4.82. The van der Waals surface area contributed by atoms with E-state index >= 15 is 0 Å². The molecular weight excluding hydrogens is 381 g/mol. The van der Waals surface area contributed by atoms with Gasteiger partial charge in [-0.3, -0.25) is 4.79 Å². The number of carbonyl (C=O) groups is 1. The second-order valence-corrected chi connectivity index (χ2v) is 5.75. The van der Waals surface area contributed by atoms with E-state index in [0.29, 0.717) is 0 Å². The van der Waals surface area contributed by atoms with Crippen LogP contribution in [0, 0.1) is 3.57 Å². The van der Waals surface area contributed by atoms with Crippen LogP contribution in [0.2, 0.25) is 0 Å². The van der Waals surface area contributed by atoms with Crippen LogP contribution >= 0.6 is 38.5 Å². The Hall–Kier alpha value is -0.100. The molecule has 0 aromatic heterocycles. The van der Waals surface area contributed by atoms with Crippen molar-refractivity contribution >= 4 is 44.4 Å². The number of amides is 1. The Morgan fingerprint density at radius 3 is 2.62 bits per heavy atom. The van der Waals surface area contributed by atoms with E-state index in [1.54, 1.807) is 0 Å². The van der Waals surface area contributed by atoms with Crippen molar-refractivity contribution in [2.75, 3.05) is 5.33 Å². The van der Waals surface area contributed by atoms with Gasteiger partial charge in [0.1, 0.15) is 0 Å². The van der Waals surface area contributed by atoms with Gasteiger partial charge in [-0.05, 0) is 66.6 Å². The minimum absolute atomic E-state index is 0.0125. The first kappa shape index (κ1) is 14.0. The molecule has 1 aromatic rings. The molecule has 4 heteroatoms. The fourth-order valence-electron chi connectivity index (χ4n) is 1.36. The standard InChI is InChI=1S/C12H15BrINO/c1-9(3-2-8-13)15-12(16)10-4-6-11(14)7-5-10/h4-7,9H,2-3,8H2,1H3,(H,15,16). The van der Waals surface area contributed by atoms with Crippen molar-refractivity contribution in [3.8, 4) is 0 Å². The van der Waals surface area contributed by atoms with Crippen LogP contribution < -0.4 is 5.32 Å². The largest absolute Gasteiger partial charge is 0.350 e. The number of rotatable bonds is 5. The number of nitrogens with one attached hydrogen (secondary N) is 1. The average molecular weight is 396 g/mol. The lowest BCUT2D eigenvalue weighted by molar-refractivity contribution is 0.0938. The topological polar surface area (TPSA) is 29.1 Å². The summed E-state index contributed by atoms with van der Waals surface area (Å²) in [6.45, 7) is 2.03. The zero-order valence-electron chi connectivity index (χ0n) is 9.17. The molecule has 1 N–H and O–H groups in total. The molecule has 2 nitrogen and oxygen atoms in total. The molecule has 0 fully saturated rings. The number of carbonyl (C=O) groups excluding carboxylic acids is 1. The van der Waals surface area contributed by atoms with Crippen LogP contribution in [0.25, 0.3) is 0 Å². The van der Waals surface area contributed by atoms with Gasteiger partial charge in [0.05, 0.1) is 0 Å². The van der Waals surface area contributed by atoms with Crippen molar-refractivity contribution < 1.29 is 4.79 Å².